The van der Waals surface area contributed by atoms with Crippen molar-refractivity contribution < 1.29 is 9.53 Å². The van der Waals surface area contributed by atoms with Crippen LogP contribution < -0.4 is 9.64 Å². The van der Waals surface area contributed by atoms with E-state index in [-0.39, 0.29) is 18.3 Å². The first-order valence-corrected chi connectivity index (χ1v) is 10.2. The highest BCUT2D eigenvalue weighted by Gasteiger charge is 2.23. The summed E-state index contributed by atoms with van der Waals surface area (Å²) in [5.41, 5.74) is 2.28. The van der Waals surface area contributed by atoms with Gasteiger partial charge in [0, 0.05) is 28.7 Å². The standard InChI is InChI=1S/C20H21Cl2N3O2S.ClH/c1-12-5-6-16(27-4)17-18(12)28-20(23-17)25(8-7-24(2)3)19(26)13-9-14(21)11-15(22)10-13;/h5-6,9-11H,7-8H2,1-4H3;1H. The largest absolute Gasteiger partial charge is 0.494 e. The molecule has 156 valence electrons. The molecule has 0 saturated heterocycles. The van der Waals surface area contributed by atoms with Crippen LogP contribution >= 0.6 is 46.9 Å². The van der Waals surface area contributed by atoms with Gasteiger partial charge in [-0.3, -0.25) is 9.69 Å². The maximum Gasteiger partial charge on any atom is 0.260 e. The van der Waals surface area contributed by atoms with Crippen LogP contribution in [-0.2, 0) is 0 Å². The van der Waals surface area contributed by atoms with E-state index in [0.717, 1.165) is 15.8 Å². The average Bonchev–Trinajstić information content (AvgIpc) is 3.07. The van der Waals surface area contributed by atoms with Crippen LogP contribution in [0.15, 0.2) is 30.3 Å². The highest BCUT2D eigenvalue weighted by atomic mass is 35.5. The molecule has 0 saturated carbocycles. The number of fused-ring (bicyclic) bond motifs is 1. The zero-order chi connectivity index (χ0) is 20.4. The smallest absolute Gasteiger partial charge is 0.260 e. The first kappa shape index (κ1) is 23.7. The number of carbonyl (C=O) groups excluding carboxylic acids is 1. The number of rotatable bonds is 6. The van der Waals surface area contributed by atoms with Gasteiger partial charge in [-0.25, -0.2) is 4.98 Å². The maximum atomic E-state index is 13.3. The fourth-order valence-corrected chi connectivity index (χ4v) is 4.40. The summed E-state index contributed by atoms with van der Waals surface area (Å²) < 4.78 is 6.45. The van der Waals surface area contributed by atoms with E-state index in [1.54, 1.807) is 30.2 Å². The van der Waals surface area contributed by atoms with Crippen LogP contribution in [0.5, 0.6) is 5.75 Å². The number of amides is 1. The van der Waals surface area contributed by atoms with Crippen LogP contribution in [0, 0.1) is 6.92 Å². The maximum absolute atomic E-state index is 13.3. The molecule has 29 heavy (non-hydrogen) atoms. The van der Waals surface area contributed by atoms with Crippen LogP contribution in [0.2, 0.25) is 10.0 Å². The molecule has 0 atom stereocenters. The third-order valence-corrected chi connectivity index (χ3v) is 5.92. The molecule has 2 aromatic carbocycles. The lowest BCUT2D eigenvalue weighted by atomic mass is 10.2. The van der Waals surface area contributed by atoms with Crippen molar-refractivity contribution in [2.24, 2.45) is 0 Å². The average molecular weight is 475 g/mol. The molecule has 9 heteroatoms. The Morgan fingerprint density at radius 1 is 1.14 bits per heavy atom. The van der Waals surface area contributed by atoms with Crippen molar-refractivity contribution >= 4 is 68.2 Å². The van der Waals surface area contributed by atoms with Gasteiger partial charge in [-0.1, -0.05) is 40.6 Å². The molecular weight excluding hydrogens is 453 g/mol. The summed E-state index contributed by atoms with van der Waals surface area (Å²) in [7, 11) is 5.54. The Morgan fingerprint density at radius 3 is 2.38 bits per heavy atom. The lowest BCUT2D eigenvalue weighted by Gasteiger charge is -2.22. The third-order valence-electron chi connectivity index (χ3n) is 4.27. The lowest BCUT2D eigenvalue weighted by molar-refractivity contribution is 0.0985. The number of benzene rings is 2. The van der Waals surface area contributed by atoms with Gasteiger partial charge in [0.15, 0.2) is 5.13 Å². The van der Waals surface area contributed by atoms with Gasteiger partial charge < -0.3 is 9.64 Å². The fourth-order valence-electron chi connectivity index (χ4n) is 2.80. The summed E-state index contributed by atoms with van der Waals surface area (Å²) in [4.78, 5) is 21.7. The van der Waals surface area contributed by atoms with Crippen LogP contribution in [0.3, 0.4) is 0 Å². The second kappa shape index (κ2) is 9.96. The van der Waals surface area contributed by atoms with Gasteiger partial charge in [0.1, 0.15) is 11.3 Å². The van der Waals surface area contributed by atoms with Crippen molar-refractivity contribution in [3.8, 4) is 5.75 Å². The molecule has 3 aromatic rings. The minimum atomic E-state index is -0.193. The number of nitrogens with zero attached hydrogens (tertiary/aromatic N) is 3. The molecule has 0 N–H and O–H groups in total. The normalized spacial score (nSPS) is 10.9. The van der Waals surface area contributed by atoms with Crippen LogP contribution in [0.25, 0.3) is 10.2 Å². The van der Waals surface area contributed by atoms with Crippen LogP contribution in [0.1, 0.15) is 15.9 Å². The Kier molecular flexibility index (Phi) is 8.14. The quantitative estimate of drug-likeness (QED) is 0.470. The van der Waals surface area contributed by atoms with Gasteiger partial charge in [0.2, 0.25) is 0 Å². The lowest BCUT2D eigenvalue weighted by Crippen LogP contribution is -2.36. The number of aryl methyl sites for hydroxylation is 1. The third kappa shape index (κ3) is 5.32. The first-order chi connectivity index (χ1) is 13.3. The number of methoxy groups -OCH3 is 1. The molecule has 0 radical (unpaired) electrons. The molecule has 0 spiro atoms. The van der Waals surface area contributed by atoms with E-state index >= 15 is 0 Å². The van der Waals surface area contributed by atoms with Gasteiger partial charge in [-0.15, -0.1) is 12.4 Å². The van der Waals surface area contributed by atoms with Gasteiger partial charge in [0.25, 0.3) is 5.91 Å². The molecule has 0 aliphatic carbocycles. The monoisotopic (exact) mass is 473 g/mol. The number of hydrogen-bond acceptors (Lipinski definition) is 5. The van der Waals surface area contributed by atoms with Crippen molar-refractivity contribution in [3.63, 3.8) is 0 Å². The summed E-state index contributed by atoms with van der Waals surface area (Å²) in [5.74, 6) is 0.496. The molecule has 1 amide bonds. The fraction of sp³-hybridized carbons (Fsp3) is 0.300. The van der Waals surface area contributed by atoms with Crippen molar-refractivity contribution in [2.45, 2.75) is 6.92 Å². The highest BCUT2D eigenvalue weighted by Crippen LogP contribution is 2.37. The number of aromatic nitrogens is 1. The van der Waals surface area contributed by atoms with Crippen molar-refractivity contribution in [3.05, 3.63) is 51.5 Å². The van der Waals surface area contributed by atoms with Crippen molar-refractivity contribution in [1.29, 1.82) is 0 Å². The molecule has 1 heterocycles. The zero-order valence-electron chi connectivity index (χ0n) is 16.5. The number of thiazole rings is 1. The minimum absolute atomic E-state index is 0. The second-order valence-corrected chi connectivity index (χ2v) is 8.53. The predicted molar refractivity (Wildman–Crippen MR) is 125 cm³/mol. The Labute approximate surface area is 190 Å². The molecule has 0 aliphatic heterocycles. The van der Waals surface area contributed by atoms with E-state index in [2.05, 4.69) is 0 Å². The number of ether oxygens (including phenoxy) is 1. The Bertz CT molecular complexity index is 1000. The summed E-state index contributed by atoms with van der Waals surface area (Å²) in [6.07, 6.45) is 0. The molecule has 0 bridgehead atoms. The Hall–Kier alpha value is -1.57. The molecule has 1 aromatic heterocycles. The number of hydrogen-bond donors (Lipinski definition) is 0. The Morgan fingerprint density at radius 2 is 1.79 bits per heavy atom. The van der Waals surface area contributed by atoms with Crippen LogP contribution in [0.4, 0.5) is 5.13 Å². The molecule has 0 fully saturated rings. The summed E-state index contributed by atoms with van der Waals surface area (Å²) in [5, 5.41) is 1.46. The van der Waals surface area contributed by atoms with Gasteiger partial charge in [0.05, 0.1) is 11.8 Å². The summed E-state index contributed by atoms with van der Waals surface area (Å²) >= 11 is 13.7. The predicted octanol–water partition coefficient (Wildman–Crippen LogP) is 5.55. The van der Waals surface area contributed by atoms with E-state index in [1.807, 2.05) is 38.1 Å². The SMILES string of the molecule is COc1ccc(C)c2sc(N(CCN(C)C)C(=O)c3cc(Cl)cc(Cl)c3)nc12.Cl. The number of carbonyl (C=O) groups is 1. The van der Waals surface area contributed by atoms with Crippen LogP contribution in [-0.4, -0.2) is 50.1 Å². The van der Waals surface area contributed by atoms with E-state index in [9.17, 15) is 4.79 Å². The van der Waals surface area contributed by atoms with Gasteiger partial charge in [-0.05, 0) is 50.8 Å². The number of anilines is 1. The first-order valence-electron chi connectivity index (χ1n) is 8.67. The summed E-state index contributed by atoms with van der Waals surface area (Å²) in [6.45, 7) is 3.19. The highest BCUT2D eigenvalue weighted by molar-refractivity contribution is 7.22. The Balaban J connectivity index is 0.00000300. The molecular formula is C20H22Cl3N3O2S. The van der Waals surface area contributed by atoms with E-state index in [1.165, 1.54) is 11.3 Å². The molecule has 0 unspecified atom stereocenters. The van der Waals surface area contributed by atoms with Gasteiger partial charge in [-0.2, -0.15) is 0 Å². The second-order valence-electron chi connectivity index (χ2n) is 6.68. The molecule has 5 nitrogen and oxygen atoms in total. The molecule has 3 rings (SSSR count). The number of likely N-dealkylation sites (N-methyl/N-ethyl adjacent to an activating group) is 1. The van der Waals surface area contributed by atoms with Crippen molar-refractivity contribution in [1.82, 2.24) is 9.88 Å². The van der Waals surface area contributed by atoms with Gasteiger partial charge >= 0.3 is 0 Å². The summed E-state index contributed by atoms with van der Waals surface area (Å²) in [6, 6.07) is 8.74. The van der Waals surface area contributed by atoms with E-state index < -0.39 is 0 Å². The van der Waals surface area contributed by atoms with E-state index in [0.29, 0.717) is 39.6 Å². The topological polar surface area (TPSA) is 45.7 Å². The van der Waals surface area contributed by atoms with E-state index in [4.69, 9.17) is 32.9 Å². The molecule has 0 aliphatic rings. The number of halogens is 3. The van der Waals surface area contributed by atoms with Crippen molar-refractivity contribution in [2.75, 3.05) is 39.2 Å². The zero-order valence-corrected chi connectivity index (χ0v) is 19.7. The minimum Gasteiger partial charge on any atom is -0.494 e.